The van der Waals surface area contributed by atoms with E-state index in [4.69, 9.17) is 5.11 Å². The first-order valence-electron chi connectivity index (χ1n) is 7.59. The first-order chi connectivity index (χ1) is 11.0. The SMILES string of the molecule is Cc1ccc(C(=O)N(CCC(=O)O)CC(C)C)cc1NS(C)(=O)=O. The van der Waals surface area contributed by atoms with Gasteiger partial charge in [-0.1, -0.05) is 19.9 Å². The lowest BCUT2D eigenvalue weighted by Gasteiger charge is -2.24. The molecule has 2 N–H and O–H groups in total. The van der Waals surface area contributed by atoms with E-state index in [1.807, 2.05) is 13.8 Å². The molecule has 24 heavy (non-hydrogen) atoms. The minimum atomic E-state index is -3.46. The summed E-state index contributed by atoms with van der Waals surface area (Å²) >= 11 is 0. The van der Waals surface area contributed by atoms with E-state index in [1.54, 1.807) is 19.1 Å². The largest absolute Gasteiger partial charge is 0.481 e. The van der Waals surface area contributed by atoms with E-state index in [0.717, 1.165) is 6.26 Å². The molecule has 134 valence electrons. The zero-order chi connectivity index (χ0) is 18.5. The van der Waals surface area contributed by atoms with Crippen molar-refractivity contribution in [2.45, 2.75) is 27.2 Å². The molecule has 0 saturated heterocycles. The highest BCUT2D eigenvalue weighted by Gasteiger charge is 2.19. The molecular weight excluding hydrogens is 332 g/mol. The van der Waals surface area contributed by atoms with Crippen molar-refractivity contribution in [2.75, 3.05) is 24.1 Å². The van der Waals surface area contributed by atoms with Gasteiger partial charge >= 0.3 is 5.97 Å². The van der Waals surface area contributed by atoms with E-state index in [9.17, 15) is 18.0 Å². The van der Waals surface area contributed by atoms with Crippen molar-refractivity contribution in [1.29, 1.82) is 0 Å². The number of anilines is 1. The van der Waals surface area contributed by atoms with Gasteiger partial charge < -0.3 is 10.0 Å². The molecule has 1 amide bonds. The van der Waals surface area contributed by atoms with Gasteiger partial charge in [0.25, 0.3) is 5.91 Å². The maximum absolute atomic E-state index is 12.7. The Morgan fingerprint density at radius 3 is 2.42 bits per heavy atom. The first-order valence-corrected chi connectivity index (χ1v) is 9.48. The minimum absolute atomic E-state index is 0.106. The fourth-order valence-electron chi connectivity index (χ4n) is 2.19. The number of nitrogens with one attached hydrogen (secondary N) is 1. The van der Waals surface area contributed by atoms with Crippen molar-refractivity contribution in [3.05, 3.63) is 29.3 Å². The number of carbonyl (C=O) groups is 2. The molecule has 0 saturated carbocycles. The zero-order valence-electron chi connectivity index (χ0n) is 14.4. The molecular formula is C16H24N2O5S. The predicted octanol–water partition coefficient (Wildman–Crippen LogP) is 1.94. The summed E-state index contributed by atoms with van der Waals surface area (Å²) in [5, 5.41) is 8.84. The molecule has 0 aliphatic rings. The molecule has 0 fully saturated rings. The molecule has 0 spiro atoms. The van der Waals surface area contributed by atoms with Crippen LogP contribution in [0.2, 0.25) is 0 Å². The van der Waals surface area contributed by atoms with Crippen molar-refractivity contribution in [2.24, 2.45) is 5.92 Å². The Labute approximate surface area is 142 Å². The molecule has 7 nitrogen and oxygen atoms in total. The Morgan fingerprint density at radius 1 is 1.29 bits per heavy atom. The summed E-state index contributed by atoms with van der Waals surface area (Å²) in [6.45, 7) is 6.14. The average molecular weight is 356 g/mol. The van der Waals surface area contributed by atoms with Crippen LogP contribution in [-0.2, 0) is 14.8 Å². The van der Waals surface area contributed by atoms with E-state index < -0.39 is 16.0 Å². The second-order valence-electron chi connectivity index (χ2n) is 6.19. The van der Waals surface area contributed by atoms with E-state index >= 15 is 0 Å². The molecule has 0 heterocycles. The van der Waals surface area contributed by atoms with Crippen LogP contribution in [0.1, 0.15) is 36.2 Å². The monoisotopic (exact) mass is 356 g/mol. The molecule has 0 aliphatic heterocycles. The summed E-state index contributed by atoms with van der Waals surface area (Å²) < 4.78 is 25.2. The molecule has 0 unspecified atom stereocenters. The maximum atomic E-state index is 12.7. The number of carboxylic acid groups (broad SMARTS) is 1. The molecule has 1 aromatic rings. The summed E-state index contributed by atoms with van der Waals surface area (Å²) in [7, 11) is -3.46. The Hall–Kier alpha value is -2.09. The molecule has 8 heteroatoms. The van der Waals surface area contributed by atoms with Gasteiger partial charge in [0.05, 0.1) is 18.4 Å². The first kappa shape index (κ1) is 20.0. The zero-order valence-corrected chi connectivity index (χ0v) is 15.2. The van der Waals surface area contributed by atoms with Gasteiger partial charge in [-0.05, 0) is 30.5 Å². The molecule has 0 aliphatic carbocycles. The Morgan fingerprint density at radius 2 is 1.92 bits per heavy atom. The molecule has 0 radical (unpaired) electrons. The van der Waals surface area contributed by atoms with E-state index in [1.165, 1.54) is 11.0 Å². The number of hydrogen-bond acceptors (Lipinski definition) is 4. The quantitative estimate of drug-likeness (QED) is 0.741. The van der Waals surface area contributed by atoms with Crippen LogP contribution in [0.15, 0.2) is 18.2 Å². The van der Waals surface area contributed by atoms with E-state index in [2.05, 4.69) is 4.72 Å². The average Bonchev–Trinajstić information content (AvgIpc) is 2.43. The fraction of sp³-hybridized carbons (Fsp3) is 0.500. The van der Waals surface area contributed by atoms with Gasteiger partial charge in [0.1, 0.15) is 0 Å². The van der Waals surface area contributed by atoms with Crippen molar-refractivity contribution in [1.82, 2.24) is 4.90 Å². The number of hydrogen-bond donors (Lipinski definition) is 2. The number of nitrogens with zero attached hydrogens (tertiary/aromatic N) is 1. The Kier molecular flexibility index (Phi) is 6.77. The van der Waals surface area contributed by atoms with Gasteiger partial charge in [-0.3, -0.25) is 14.3 Å². The lowest BCUT2D eigenvalue weighted by molar-refractivity contribution is -0.137. The number of aryl methyl sites for hydroxylation is 1. The summed E-state index contributed by atoms with van der Waals surface area (Å²) in [6.07, 6.45) is 0.900. The van der Waals surface area contributed by atoms with Crippen LogP contribution >= 0.6 is 0 Å². The number of carbonyl (C=O) groups excluding carboxylic acids is 1. The molecule has 0 atom stereocenters. The standard InChI is InChI=1S/C16H24N2O5S/c1-11(2)10-18(8-7-15(19)20)16(21)13-6-5-12(3)14(9-13)17-24(4,22)23/h5-6,9,11,17H,7-8,10H2,1-4H3,(H,19,20). The summed E-state index contributed by atoms with van der Waals surface area (Å²) in [4.78, 5) is 24.9. The molecule has 0 aromatic heterocycles. The van der Waals surface area contributed by atoms with Crippen LogP contribution < -0.4 is 4.72 Å². The van der Waals surface area contributed by atoms with Gasteiger partial charge in [-0.2, -0.15) is 0 Å². The molecule has 1 aromatic carbocycles. The highest BCUT2D eigenvalue weighted by atomic mass is 32.2. The van der Waals surface area contributed by atoms with Crippen LogP contribution in [0.5, 0.6) is 0 Å². The fourth-order valence-corrected chi connectivity index (χ4v) is 2.81. The number of amides is 1. The normalized spacial score (nSPS) is 11.4. The van der Waals surface area contributed by atoms with Gasteiger partial charge in [-0.15, -0.1) is 0 Å². The van der Waals surface area contributed by atoms with Gasteiger partial charge in [0.2, 0.25) is 10.0 Å². The predicted molar refractivity (Wildman–Crippen MR) is 92.6 cm³/mol. The number of aliphatic carboxylic acids is 1. The number of carboxylic acids is 1. The molecule has 0 bridgehead atoms. The third-order valence-corrected chi connectivity index (χ3v) is 3.84. The maximum Gasteiger partial charge on any atom is 0.305 e. The number of sulfonamides is 1. The van der Waals surface area contributed by atoms with Gasteiger partial charge in [0, 0.05) is 18.7 Å². The van der Waals surface area contributed by atoms with E-state index in [-0.39, 0.29) is 24.8 Å². The van der Waals surface area contributed by atoms with Gasteiger partial charge in [0.15, 0.2) is 0 Å². The van der Waals surface area contributed by atoms with Crippen molar-refractivity contribution in [3.63, 3.8) is 0 Å². The third-order valence-electron chi connectivity index (χ3n) is 3.25. The lowest BCUT2D eigenvalue weighted by Crippen LogP contribution is -2.36. The van der Waals surface area contributed by atoms with Crippen molar-refractivity contribution in [3.8, 4) is 0 Å². The van der Waals surface area contributed by atoms with Gasteiger partial charge in [-0.25, -0.2) is 8.42 Å². The second-order valence-corrected chi connectivity index (χ2v) is 7.94. The van der Waals surface area contributed by atoms with Crippen LogP contribution in [0, 0.1) is 12.8 Å². The highest BCUT2D eigenvalue weighted by Crippen LogP contribution is 2.19. The van der Waals surface area contributed by atoms with Crippen LogP contribution in [0.3, 0.4) is 0 Å². The second kappa shape index (κ2) is 8.14. The van der Waals surface area contributed by atoms with Crippen molar-refractivity contribution >= 4 is 27.6 Å². The lowest BCUT2D eigenvalue weighted by atomic mass is 10.1. The number of rotatable bonds is 8. The van der Waals surface area contributed by atoms with Crippen LogP contribution in [0.4, 0.5) is 5.69 Å². The number of benzene rings is 1. The topological polar surface area (TPSA) is 104 Å². The van der Waals surface area contributed by atoms with Crippen molar-refractivity contribution < 1.29 is 23.1 Å². The Bertz CT molecular complexity index is 713. The summed E-state index contributed by atoms with van der Waals surface area (Å²) in [5.41, 5.74) is 1.35. The summed E-state index contributed by atoms with van der Waals surface area (Å²) in [6, 6.07) is 4.75. The smallest absolute Gasteiger partial charge is 0.305 e. The minimum Gasteiger partial charge on any atom is -0.481 e. The summed E-state index contributed by atoms with van der Waals surface area (Å²) in [5.74, 6) is -1.11. The molecule has 1 rings (SSSR count). The Balaban J connectivity index is 3.08. The van der Waals surface area contributed by atoms with E-state index in [0.29, 0.717) is 23.4 Å². The van der Waals surface area contributed by atoms with Crippen LogP contribution in [0.25, 0.3) is 0 Å². The third kappa shape index (κ3) is 6.57. The van der Waals surface area contributed by atoms with Crippen LogP contribution in [-0.4, -0.2) is 49.6 Å². The highest BCUT2D eigenvalue weighted by molar-refractivity contribution is 7.92.